The van der Waals surface area contributed by atoms with Crippen molar-refractivity contribution in [2.45, 2.75) is 12.8 Å². The van der Waals surface area contributed by atoms with Gasteiger partial charge in [-0.1, -0.05) is 46.4 Å². The van der Waals surface area contributed by atoms with Gasteiger partial charge >= 0.3 is 0 Å². The molecule has 0 unspecified atom stereocenters. The summed E-state index contributed by atoms with van der Waals surface area (Å²) in [5, 5.41) is 0.782. The fourth-order valence-corrected chi connectivity index (χ4v) is 3.05. The molecule has 18 heavy (non-hydrogen) atoms. The summed E-state index contributed by atoms with van der Waals surface area (Å²) in [7, 11) is 0. The summed E-state index contributed by atoms with van der Waals surface area (Å²) in [6.07, 6.45) is 1.34. The summed E-state index contributed by atoms with van der Waals surface area (Å²) in [5.41, 5.74) is 0.264. The van der Waals surface area contributed by atoms with Gasteiger partial charge in [-0.2, -0.15) is 0 Å². The number of ether oxygens (including phenoxy) is 1. The third-order valence-electron chi connectivity index (χ3n) is 2.95. The van der Waals surface area contributed by atoms with E-state index in [0.717, 1.165) is 0 Å². The van der Waals surface area contributed by atoms with E-state index >= 15 is 0 Å². The number of ketones is 1. The van der Waals surface area contributed by atoms with Crippen molar-refractivity contribution in [3.8, 4) is 0 Å². The highest BCUT2D eigenvalue weighted by Crippen LogP contribution is 2.39. The second-order valence-corrected chi connectivity index (χ2v) is 5.66. The third kappa shape index (κ3) is 2.78. The van der Waals surface area contributed by atoms with E-state index in [1.165, 1.54) is 6.07 Å². The van der Waals surface area contributed by atoms with Crippen molar-refractivity contribution in [3.05, 3.63) is 31.7 Å². The molecule has 1 fully saturated rings. The molecule has 2 rings (SSSR count). The molecule has 0 amide bonds. The lowest BCUT2D eigenvalue weighted by atomic mass is 9.91. The van der Waals surface area contributed by atoms with Gasteiger partial charge in [0.05, 0.1) is 25.7 Å². The molecule has 1 aliphatic rings. The molecule has 0 bridgehead atoms. The minimum absolute atomic E-state index is 0.0909. The fraction of sp³-hybridized carbons (Fsp3) is 0.417. The van der Waals surface area contributed by atoms with Crippen LogP contribution in [0.2, 0.25) is 20.1 Å². The Labute approximate surface area is 125 Å². The number of hydrogen-bond donors (Lipinski definition) is 0. The topological polar surface area (TPSA) is 26.3 Å². The molecule has 0 aromatic heterocycles. The maximum atomic E-state index is 12.4. The molecule has 1 heterocycles. The number of carbonyl (C=O) groups excluding carboxylic acids is 1. The quantitative estimate of drug-likeness (QED) is 0.438. The van der Waals surface area contributed by atoms with Gasteiger partial charge in [0, 0.05) is 19.1 Å². The fourth-order valence-electron chi connectivity index (χ4n) is 1.96. The second kappa shape index (κ2) is 5.98. The van der Waals surface area contributed by atoms with Crippen molar-refractivity contribution >= 4 is 52.2 Å². The lowest BCUT2D eigenvalue weighted by Crippen LogP contribution is -2.24. The Balaban J connectivity index is 2.38. The molecule has 0 aliphatic carbocycles. The van der Waals surface area contributed by atoms with E-state index < -0.39 is 0 Å². The van der Waals surface area contributed by atoms with Crippen LogP contribution in [0.4, 0.5) is 0 Å². The Morgan fingerprint density at radius 2 is 1.67 bits per heavy atom. The summed E-state index contributed by atoms with van der Waals surface area (Å²) in [6.45, 7) is 1.15. The van der Waals surface area contributed by atoms with Gasteiger partial charge in [-0.25, -0.2) is 0 Å². The van der Waals surface area contributed by atoms with Crippen molar-refractivity contribution in [2.24, 2.45) is 5.92 Å². The molecule has 0 atom stereocenters. The number of rotatable bonds is 2. The van der Waals surface area contributed by atoms with Crippen LogP contribution in [-0.2, 0) is 4.74 Å². The molecule has 1 aliphatic heterocycles. The smallest absolute Gasteiger partial charge is 0.169 e. The Kier molecular flexibility index (Phi) is 4.79. The Bertz CT molecular complexity index is 481. The van der Waals surface area contributed by atoms with Crippen molar-refractivity contribution in [1.29, 1.82) is 0 Å². The van der Waals surface area contributed by atoms with E-state index in [9.17, 15) is 4.79 Å². The van der Waals surface area contributed by atoms with Crippen LogP contribution in [0.25, 0.3) is 0 Å². The van der Waals surface area contributed by atoms with E-state index in [0.29, 0.717) is 26.1 Å². The summed E-state index contributed by atoms with van der Waals surface area (Å²) in [6, 6.07) is 1.45. The van der Waals surface area contributed by atoms with E-state index in [2.05, 4.69) is 0 Å². The number of carbonyl (C=O) groups is 1. The van der Waals surface area contributed by atoms with Crippen LogP contribution in [-0.4, -0.2) is 19.0 Å². The molecule has 1 saturated heterocycles. The van der Waals surface area contributed by atoms with Gasteiger partial charge in [0.2, 0.25) is 0 Å². The molecule has 0 radical (unpaired) electrons. The maximum absolute atomic E-state index is 12.4. The van der Waals surface area contributed by atoms with Crippen molar-refractivity contribution < 1.29 is 9.53 Å². The average Bonchev–Trinajstić information content (AvgIpc) is 2.37. The van der Waals surface area contributed by atoms with Gasteiger partial charge in [-0.05, 0) is 18.9 Å². The molecule has 6 heteroatoms. The third-order valence-corrected chi connectivity index (χ3v) is 4.51. The zero-order chi connectivity index (χ0) is 13.3. The van der Waals surface area contributed by atoms with Gasteiger partial charge in [-0.3, -0.25) is 4.79 Å². The van der Waals surface area contributed by atoms with Crippen LogP contribution < -0.4 is 0 Å². The van der Waals surface area contributed by atoms with Gasteiger partial charge in [-0.15, -0.1) is 0 Å². The highest BCUT2D eigenvalue weighted by Gasteiger charge is 2.28. The standard InChI is InChI=1S/C12H10Cl4O2/c13-7-5-8(14)10(15)11(16)9(7)12(17)6-1-3-18-4-2-6/h5-6H,1-4H2. The molecule has 0 N–H and O–H groups in total. The second-order valence-electron chi connectivity index (χ2n) is 4.09. The van der Waals surface area contributed by atoms with Gasteiger partial charge in [0.15, 0.2) is 5.78 Å². The van der Waals surface area contributed by atoms with Crippen molar-refractivity contribution in [1.82, 2.24) is 0 Å². The zero-order valence-electron chi connectivity index (χ0n) is 9.31. The highest BCUT2D eigenvalue weighted by atomic mass is 35.5. The van der Waals surface area contributed by atoms with Crippen LogP contribution in [0.1, 0.15) is 23.2 Å². The molecule has 0 spiro atoms. The first-order valence-electron chi connectivity index (χ1n) is 5.47. The molecule has 2 nitrogen and oxygen atoms in total. The van der Waals surface area contributed by atoms with Gasteiger partial charge < -0.3 is 4.74 Å². The summed E-state index contributed by atoms with van der Waals surface area (Å²) < 4.78 is 5.22. The SMILES string of the molecule is O=C(c1c(Cl)cc(Cl)c(Cl)c1Cl)C1CCOCC1. The lowest BCUT2D eigenvalue weighted by Gasteiger charge is -2.22. The molecular weight excluding hydrogens is 318 g/mol. The van der Waals surface area contributed by atoms with Crippen LogP contribution in [0, 0.1) is 5.92 Å². The minimum Gasteiger partial charge on any atom is -0.381 e. The maximum Gasteiger partial charge on any atom is 0.169 e. The van der Waals surface area contributed by atoms with E-state index in [1.807, 2.05) is 0 Å². The Morgan fingerprint density at radius 1 is 1.06 bits per heavy atom. The first kappa shape index (κ1) is 14.4. The monoisotopic (exact) mass is 326 g/mol. The first-order valence-corrected chi connectivity index (χ1v) is 6.98. The largest absolute Gasteiger partial charge is 0.381 e. The molecule has 1 aromatic rings. The van der Waals surface area contributed by atoms with Crippen LogP contribution in [0.15, 0.2) is 6.07 Å². The molecule has 98 valence electrons. The summed E-state index contributed by atoms with van der Waals surface area (Å²) in [4.78, 5) is 12.4. The average molecular weight is 328 g/mol. The lowest BCUT2D eigenvalue weighted by molar-refractivity contribution is 0.0545. The van der Waals surface area contributed by atoms with E-state index in [4.69, 9.17) is 51.1 Å². The Morgan fingerprint density at radius 3 is 2.28 bits per heavy atom. The van der Waals surface area contributed by atoms with E-state index in [1.54, 1.807) is 0 Å². The Hall–Kier alpha value is 0.01000. The van der Waals surface area contributed by atoms with Gasteiger partial charge in [0.1, 0.15) is 0 Å². The number of hydrogen-bond acceptors (Lipinski definition) is 2. The highest BCUT2D eigenvalue weighted by molar-refractivity contribution is 6.51. The molecule has 1 aromatic carbocycles. The van der Waals surface area contributed by atoms with Crippen molar-refractivity contribution in [2.75, 3.05) is 13.2 Å². The van der Waals surface area contributed by atoms with E-state index in [-0.39, 0.29) is 37.4 Å². The first-order chi connectivity index (χ1) is 8.52. The number of Topliss-reactive ketones (excluding diaryl/α,β-unsaturated/α-hetero) is 1. The summed E-state index contributed by atoms with van der Waals surface area (Å²) in [5.74, 6) is -0.210. The number of halogens is 4. The number of benzene rings is 1. The molecular formula is C12H10Cl4O2. The van der Waals surface area contributed by atoms with Crippen LogP contribution in [0.3, 0.4) is 0 Å². The minimum atomic E-state index is -0.119. The van der Waals surface area contributed by atoms with Crippen molar-refractivity contribution in [3.63, 3.8) is 0 Å². The van der Waals surface area contributed by atoms with Gasteiger partial charge in [0.25, 0.3) is 0 Å². The predicted molar refractivity (Wildman–Crippen MR) is 74.4 cm³/mol. The normalized spacial score (nSPS) is 16.9. The summed E-state index contributed by atoms with van der Waals surface area (Å²) >= 11 is 23.9. The van der Waals surface area contributed by atoms with Crippen LogP contribution in [0.5, 0.6) is 0 Å². The van der Waals surface area contributed by atoms with Crippen LogP contribution >= 0.6 is 46.4 Å². The molecule has 0 saturated carbocycles. The predicted octanol–water partition coefficient (Wildman–Crippen LogP) is 4.91. The zero-order valence-corrected chi connectivity index (χ0v) is 12.3.